The quantitative estimate of drug-likeness (QED) is 0.657. The Kier molecular flexibility index (Phi) is 4.79. The molecule has 0 saturated heterocycles. The molecule has 0 aliphatic heterocycles. The normalized spacial score (nSPS) is 13.7. The third-order valence-corrected chi connectivity index (χ3v) is 4.65. The Morgan fingerprint density at radius 1 is 1.31 bits per heavy atom. The molecule has 29 heavy (non-hydrogen) atoms. The second-order valence-corrected chi connectivity index (χ2v) is 6.84. The monoisotopic (exact) mass is 422 g/mol. The number of hydrogen-bond acceptors (Lipinski definition) is 5. The van der Waals surface area contributed by atoms with E-state index >= 15 is 0 Å². The molecule has 2 N–H and O–H groups in total. The zero-order chi connectivity index (χ0) is 20.7. The Morgan fingerprint density at radius 3 is 2.72 bits per heavy atom. The van der Waals surface area contributed by atoms with Gasteiger partial charge in [0.05, 0.1) is 16.0 Å². The number of alkyl halides is 2. The Hall–Kier alpha value is -3.27. The minimum atomic E-state index is -3.03. The molecule has 11 heteroatoms. The van der Waals surface area contributed by atoms with Gasteiger partial charge in [-0.3, -0.25) is 19.1 Å². The van der Waals surface area contributed by atoms with Gasteiger partial charge in [-0.25, -0.2) is 9.78 Å². The minimum absolute atomic E-state index is 0.00913. The molecule has 1 aliphatic rings. The zero-order valence-corrected chi connectivity index (χ0v) is 15.4. The molecule has 2 heterocycles. The maximum Gasteiger partial charge on any atom is 0.387 e. The predicted octanol–water partition coefficient (Wildman–Crippen LogP) is 2.93. The Balaban J connectivity index is 1.63. The second kappa shape index (κ2) is 7.28. The summed E-state index contributed by atoms with van der Waals surface area (Å²) in [6, 6.07) is 5.12. The van der Waals surface area contributed by atoms with Crippen molar-refractivity contribution in [3.8, 4) is 5.75 Å². The molecule has 1 amide bonds. The highest BCUT2D eigenvalue weighted by Gasteiger charge is 2.27. The van der Waals surface area contributed by atoms with E-state index in [1.54, 1.807) is 0 Å². The highest BCUT2D eigenvalue weighted by atomic mass is 35.5. The van der Waals surface area contributed by atoms with Gasteiger partial charge in [-0.05, 0) is 37.1 Å². The molecule has 2 aromatic heterocycles. The van der Waals surface area contributed by atoms with Gasteiger partial charge in [0.15, 0.2) is 0 Å². The predicted molar refractivity (Wildman–Crippen MR) is 101 cm³/mol. The summed E-state index contributed by atoms with van der Waals surface area (Å²) in [6.45, 7) is -3.03. The maximum absolute atomic E-state index is 12.5. The number of H-pyrrole nitrogens is 1. The number of anilines is 1. The number of fused-ring (bicyclic) bond motifs is 1. The smallest absolute Gasteiger partial charge is 0.387 e. The van der Waals surface area contributed by atoms with E-state index in [2.05, 4.69) is 20.0 Å². The molecule has 1 aliphatic carbocycles. The molecule has 0 bridgehead atoms. The molecular weight excluding hydrogens is 410 g/mol. The first-order chi connectivity index (χ1) is 13.8. The number of ether oxygens (including phenoxy) is 1. The Bertz CT molecular complexity index is 1240. The summed E-state index contributed by atoms with van der Waals surface area (Å²) in [5.74, 6) is -0.821. The maximum atomic E-state index is 12.5. The molecule has 0 radical (unpaired) electrons. The summed E-state index contributed by atoms with van der Waals surface area (Å²) in [7, 11) is 0. The van der Waals surface area contributed by atoms with Crippen LogP contribution in [0.5, 0.6) is 5.75 Å². The zero-order valence-electron chi connectivity index (χ0n) is 14.6. The standard InChI is InChI=1S/C18H13ClF2N4O4/c19-12-6-9(1-4-13(12)29-17(20)21)23-15(26)8-5-11-14(22-7-8)25(10-2-3-10)18(28)24-16(11)27/h1,4-7,10,17H,2-3H2,(H,23,26)(H,24,27,28). The number of aromatic amines is 1. The van der Waals surface area contributed by atoms with Crippen LogP contribution in [-0.4, -0.2) is 27.1 Å². The number of carbonyl (C=O) groups is 1. The molecule has 1 fully saturated rings. The van der Waals surface area contributed by atoms with Gasteiger partial charge in [0.2, 0.25) is 0 Å². The van der Waals surface area contributed by atoms with E-state index in [1.165, 1.54) is 35.0 Å². The second-order valence-electron chi connectivity index (χ2n) is 6.43. The van der Waals surface area contributed by atoms with Crippen molar-refractivity contribution in [2.24, 2.45) is 0 Å². The van der Waals surface area contributed by atoms with Gasteiger partial charge in [0, 0.05) is 17.9 Å². The average molecular weight is 423 g/mol. The van der Waals surface area contributed by atoms with Crippen molar-refractivity contribution in [1.82, 2.24) is 14.5 Å². The van der Waals surface area contributed by atoms with Crippen LogP contribution in [0.4, 0.5) is 14.5 Å². The number of pyridine rings is 1. The summed E-state index contributed by atoms with van der Waals surface area (Å²) in [6.07, 6.45) is 2.89. The summed E-state index contributed by atoms with van der Waals surface area (Å²) in [5.41, 5.74) is -0.642. The lowest BCUT2D eigenvalue weighted by atomic mass is 10.2. The molecule has 4 rings (SSSR count). The van der Waals surface area contributed by atoms with Gasteiger partial charge in [-0.1, -0.05) is 11.6 Å². The number of aromatic nitrogens is 3. The van der Waals surface area contributed by atoms with E-state index in [4.69, 9.17) is 11.6 Å². The summed E-state index contributed by atoms with van der Waals surface area (Å²) in [4.78, 5) is 43.1. The van der Waals surface area contributed by atoms with Gasteiger partial charge < -0.3 is 10.1 Å². The van der Waals surface area contributed by atoms with Crippen LogP contribution in [0.25, 0.3) is 11.0 Å². The fraction of sp³-hybridized carbons (Fsp3) is 0.222. The largest absolute Gasteiger partial charge is 0.433 e. The fourth-order valence-corrected chi connectivity index (χ4v) is 3.13. The number of rotatable bonds is 5. The lowest BCUT2D eigenvalue weighted by molar-refractivity contribution is -0.0497. The van der Waals surface area contributed by atoms with Crippen LogP contribution < -0.4 is 21.3 Å². The number of amides is 1. The van der Waals surface area contributed by atoms with E-state index in [0.717, 1.165) is 12.8 Å². The highest BCUT2D eigenvalue weighted by molar-refractivity contribution is 6.32. The van der Waals surface area contributed by atoms with Crippen LogP contribution in [0, 0.1) is 0 Å². The fourth-order valence-electron chi connectivity index (χ4n) is 2.91. The molecule has 8 nitrogen and oxygen atoms in total. The van der Waals surface area contributed by atoms with Crippen molar-refractivity contribution >= 4 is 34.2 Å². The van der Waals surface area contributed by atoms with Gasteiger partial charge in [-0.2, -0.15) is 8.78 Å². The van der Waals surface area contributed by atoms with Crippen LogP contribution in [0.15, 0.2) is 40.1 Å². The lowest BCUT2D eigenvalue weighted by Gasteiger charge is -2.10. The summed E-state index contributed by atoms with van der Waals surface area (Å²) >= 11 is 5.87. The summed E-state index contributed by atoms with van der Waals surface area (Å²) < 4.78 is 30.2. The number of carbonyl (C=O) groups excluding carboxylic acids is 1. The molecule has 1 saturated carbocycles. The van der Waals surface area contributed by atoms with E-state index in [-0.39, 0.29) is 39.1 Å². The molecule has 150 valence electrons. The van der Waals surface area contributed by atoms with Gasteiger partial charge in [0.25, 0.3) is 11.5 Å². The molecule has 0 unspecified atom stereocenters. The Labute approximate surface area is 166 Å². The van der Waals surface area contributed by atoms with Gasteiger partial charge in [0.1, 0.15) is 11.4 Å². The average Bonchev–Trinajstić information content (AvgIpc) is 3.48. The highest BCUT2D eigenvalue weighted by Crippen LogP contribution is 2.34. The summed E-state index contributed by atoms with van der Waals surface area (Å²) in [5, 5.41) is 2.54. The van der Waals surface area contributed by atoms with E-state index < -0.39 is 23.8 Å². The number of nitrogens with one attached hydrogen (secondary N) is 2. The third-order valence-electron chi connectivity index (χ3n) is 4.36. The van der Waals surface area contributed by atoms with Crippen molar-refractivity contribution in [3.63, 3.8) is 0 Å². The number of benzene rings is 1. The van der Waals surface area contributed by atoms with E-state index in [9.17, 15) is 23.2 Å². The van der Waals surface area contributed by atoms with Gasteiger partial charge >= 0.3 is 12.3 Å². The molecule has 3 aromatic rings. The van der Waals surface area contributed by atoms with Crippen LogP contribution in [0.1, 0.15) is 29.2 Å². The van der Waals surface area contributed by atoms with Crippen molar-refractivity contribution in [1.29, 1.82) is 0 Å². The van der Waals surface area contributed by atoms with Crippen LogP contribution in [0.3, 0.4) is 0 Å². The number of nitrogens with zero attached hydrogens (tertiary/aromatic N) is 2. The molecule has 0 atom stereocenters. The SMILES string of the molecule is O=C(Nc1ccc(OC(F)F)c(Cl)c1)c1cnc2c(c1)c(=O)[nH]c(=O)n2C1CC1. The third kappa shape index (κ3) is 3.83. The van der Waals surface area contributed by atoms with Crippen LogP contribution >= 0.6 is 11.6 Å². The van der Waals surface area contributed by atoms with Crippen molar-refractivity contribution in [2.75, 3.05) is 5.32 Å². The molecule has 1 aromatic carbocycles. The number of halogens is 3. The lowest BCUT2D eigenvalue weighted by Crippen LogP contribution is -2.30. The first-order valence-corrected chi connectivity index (χ1v) is 8.91. The first-order valence-electron chi connectivity index (χ1n) is 8.54. The minimum Gasteiger partial charge on any atom is -0.433 e. The van der Waals surface area contributed by atoms with Crippen LogP contribution in [0.2, 0.25) is 5.02 Å². The molecule has 0 spiro atoms. The van der Waals surface area contributed by atoms with Gasteiger partial charge in [-0.15, -0.1) is 0 Å². The topological polar surface area (TPSA) is 106 Å². The van der Waals surface area contributed by atoms with Crippen molar-refractivity contribution < 1.29 is 18.3 Å². The first kappa shape index (κ1) is 19.1. The Morgan fingerprint density at radius 2 is 2.07 bits per heavy atom. The van der Waals surface area contributed by atoms with E-state index in [0.29, 0.717) is 0 Å². The van der Waals surface area contributed by atoms with Crippen molar-refractivity contribution in [3.05, 3.63) is 61.9 Å². The van der Waals surface area contributed by atoms with Crippen molar-refractivity contribution in [2.45, 2.75) is 25.5 Å². The van der Waals surface area contributed by atoms with Crippen LogP contribution in [-0.2, 0) is 0 Å². The number of hydrogen-bond donors (Lipinski definition) is 2. The van der Waals surface area contributed by atoms with E-state index in [1.807, 2.05) is 0 Å². The molecular formula is C18H13ClF2N4O4.